The van der Waals surface area contributed by atoms with Crippen LogP contribution in [-0.4, -0.2) is 36.2 Å². The van der Waals surface area contributed by atoms with Crippen molar-refractivity contribution in [3.63, 3.8) is 0 Å². The van der Waals surface area contributed by atoms with Crippen molar-refractivity contribution in [2.24, 2.45) is 0 Å². The number of pyridine rings is 1. The van der Waals surface area contributed by atoms with E-state index in [-0.39, 0.29) is 10.5 Å². The molecule has 2 heterocycles. The Balaban J connectivity index is 1.49. The van der Waals surface area contributed by atoms with Gasteiger partial charge < -0.3 is 10.1 Å². The van der Waals surface area contributed by atoms with E-state index in [2.05, 4.69) is 20.1 Å². The van der Waals surface area contributed by atoms with Crippen molar-refractivity contribution < 1.29 is 17.9 Å². The highest BCUT2D eigenvalue weighted by molar-refractivity contribution is 7.92. The fourth-order valence-corrected chi connectivity index (χ4v) is 4.35. The number of carbonyl (C=O) groups is 1. The monoisotopic (exact) mass is 477 g/mol. The van der Waals surface area contributed by atoms with Gasteiger partial charge in [0.15, 0.2) is 5.82 Å². The van der Waals surface area contributed by atoms with Crippen molar-refractivity contribution in [2.75, 3.05) is 17.1 Å². The first-order valence-electron chi connectivity index (χ1n) is 10.4. The minimum absolute atomic E-state index is 0.0257. The van der Waals surface area contributed by atoms with E-state index >= 15 is 0 Å². The van der Waals surface area contributed by atoms with Crippen LogP contribution in [0, 0.1) is 6.92 Å². The molecule has 1 amide bonds. The van der Waals surface area contributed by atoms with E-state index in [0.29, 0.717) is 29.4 Å². The zero-order valence-electron chi connectivity index (χ0n) is 18.6. The van der Waals surface area contributed by atoms with E-state index in [1.165, 1.54) is 19.2 Å². The average molecular weight is 478 g/mol. The van der Waals surface area contributed by atoms with Crippen LogP contribution in [0.25, 0.3) is 0 Å². The number of anilines is 2. The second kappa shape index (κ2) is 9.75. The number of carbonyl (C=O) groups excluding carboxylic acids is 1. The maximum atomic E-state index is 12.9. The van der Waals surface area contributed by atoms with E-state index in [4.69, 9.17) is 4.74 Å². The number of benzene rings is 2. The van der Waals surface area contributed by atoms with Crippen molar-refractivity contribution in [3.05, 3.63) is 95.9 Å². The third-order valence-electron chi connectivity index (χ3n) is 5.08. The molecule has 2 aromatic carbocycles. The summed E-state index contributed by atoms with van der Waals surface area (Å²) in [5.74, 6) is 0.525. The maximum Gasteiger partial charge on any atom is 0.261 e. The average Bonchev–Trinajstić information content (AvgIpc) is 3.26. The van der Waals surface area contributed by atoms with Crippen molar-refractivity contribution >= 4 is 27.4 Å². The normalized spacial score (nSPS) is 11.1. The molecule has 0 aliphatic heterocycles. The van der Waals surface area contributed by atoms with Crippen LogP contribution >= 0.6 is 0 Å². The molecule has 0 unspecified atom stereocenters. The Morgan fingerprint density at radius 3 is 2.47 bits per heavy atom. The van der Waals surface area contributed by atoms with Gasteiger partial charge in [0.25, 0.3) is 15.9 Å². The molecule has 0 atom stereocenters. The summed E-state index contributed by atoms with van der Waals surface area (Å²) in [6.45, 7) is 2.27. The van der Waals surface area contributed by atoms with Crippen LogP contribution in [0.2, 0.25) is 0 Å². The van der Waals surface area contributed by atoms with Gasteiger partial charge in [-0.15, -0.1) is 0 Å². The third kappa shape index (κ3) is 5.41. The fraction of sp³-hybridized carbons (Fsp3) is 0.125. The summed E-state index contributed by atoms with van der Waals surface area (Å²) in [7, 11) is -2.37. The van der Waals surface area contributed by atoms with Crippen molar-refractivity contribution in [3.8, 4) is 5.75 Å². The molecule has 174 valence electrons. The summed E-state index contributed by atoms with van der Waals surface area (Å²) in [6, 6.07) is 16.4. The molecule has 0 saturated heterocycles. The first-order valence-corrected chi connectivity index (χ1v) is 11.8. The van der Waals surface area contributed by atoms with Crippen LogP contribution in [0.4, 0.5) is 11.5 Å². The number of aromatic nitrogens is 3. The number of amides is 1. The molecule has 0 fully saturated rings. The van der Waals surface area contributed by atoms with Crippen molar-refractivity contribution in [2.45, 2.75) is 18.4 Å². The second-order valence-corrected chi connectivity index (χ2v) is 9.20. The molecule has 0 saturated carbocycles. The summed E-state index contributed by atoms with van der Waals surface area (Å²) >= 11 is 0. The molecule has 0 aliphatic rings. The molecular weight excluding hydrogens is 454 g/mol. The van der Waals surface area contributed by atoms with E-state index in [9.17, 15) is 13.2 Å². The van der Waals surface area contributed by atoms with Gasteiger partial charge in [-0.25, -0.2) is 8.42 Å². The van der Waals surface area contributed by atoms with Crippen LogP contribution in [-0.2, 0) is 16.6 Å². The zero-order valence-corrected chi connectivity index (χ0v) is 19.4. The van der Waals surface area contributed by atoms with Gasteiger partial charge in [-0.1, -0.05) is 6.07 Å². The van der Waals surface area contributed by atoms with Gasteiger partial charge in [0, 0.05) is 35.9 Å². The number of nitrogens with one attached hydrogen (secondary N) is 2. The largest absolute Gasteiger partial charge is 0.497 e. The van der Waals surface area contributed by atoms with Crippen LogP contribution in [0.1, 0.15) is 21.5 Å². The lowest BCUT2D eigenvalue weighted by Gasteiger charge is -2.11. The molecule has 34 heavy (non-hydrogen) atoms. The zero-order chi connectivity index (χ0) is 24.1. The quantitative estimate of drug-likeness (QED) is 0.400. The van der Waals surface area contributed by atoms with Gasteiger partial charge in [0.05, 0.1) is 18.6 Å². The molecule has 0 spiro atoms. The lowest BCUT2D eigenvalue weighted by Crippen LogP contribution is -2.17. The fourth-order valence-electron chi connectivity index (χ4n) is 3.26. The molecule has 9 nitrogen and oxygen atoms in total. The Hall–Kier alpha value is -4.18. The van der Waals surface area contributed by atoms with E-state index < -0.39 is 15.9 Å². The smallest absolute Gasteiger partial charge is 0.261 e. The highest BCUT2D eigenvalue weighted by Crippen LogP contribution is 2.22. The Bertz CT molecular complexity index is 1400. The summed E-state index contributed by atoms with van der Waals surface area (Å²) in [4.78, 5) is 16.9. The summed E-state index contributed by atoms with van der Waals surface area (Å²) in [6.07, 6.45) is 5.16. The molecule has 10 heteroatoms. The minimum Gasteiger partial charge on any atom is -0.497 e. The van der Waals surface area contributed by atoms with E-state index in [0.717, 1.165) is 5.56 Å². The number of nitrogens with zero attached hydrogens (tertiary/aromatic N) is 3. The lowest BCUT2D eigenvalue weighted by molar-refractivity contribution is 0.102. The first-order chi connectivity index (χ1) is 16.3. The molecule has 2 aromatic heterocycles. The van der Waals surface area contributed by atoms with E-state index in [1.54, 1.807) is 66.6 Å². The van der Waals surface area contributed by atoms with E-state index in [1.807, 2.05) is 12.1 Å². The number of hydrogen-bond donors (Lipinski definition) is 2. The van der Waals surface area contributed by atoms with Gasteiger partial charge in [-0.05, 0) is 66.6 Å². The predicted molar refractivity (Wildman–Crippen MR) is 129 cm³/mol. The second-order valence-electron chi connectivity index (χ2n) is 7.52. The number of aryl methyl sites for hydroxylation is 1. The van der Waals surface area contributed by atoms with Crippen molar-refractivity contribution in [1.29, 1.82) is 0 Å². The van der Waals surface area contributed by atoms with Crippen molar-refractivity contribution in [1.82, 2.24) is 14.8 Å². The topological polar surface area (TPSA) is 115 Å². The Morgan fingerprint density at radius 2 is 1.76 bits per heavy atom. The standard InChI is InChI=1S/C24H23N5O4S/c1-17-3-8-21(34(31,32)28-19-4-6-20(33-2)7-5-19)15-22(17)24(30)26-23-11-14-29(27-23)16-18-9-12-25-13-10-18/h3-15,28H,16H2,1-2H3,(H,26,27,30). The first kappa shape index (κ1) is 23.0. The molecule has 2 N–H and O–H groups in total. The molecule has 0 radical (unpaired) electrons. The number of ether oxygens (including phenoxy) is 1. The summed E-state index contributed by atoms with van der Waals surface area (Å²) < 4.78 is 35.1. The Kier molecular flexibility index (Phi) is 6.60. The minimum atomic E-state index is -3.90. The van der Waals surface area contributed by atoms with Crippen LogP contribution in [0.5, 0.6) is 5.75 Å². The number of hydrogen-bond acceptors (Lipinski definition) is 6. The predicted octanol–water partition coefficient (Wildman–Crippen LogP) is 3.70. The molecule has 4 rings (SSSR count). The van der Waals surface area contributed by atoms with Crippen LogP contribution < -0.4 is 14.8 Å². The lowest BCUT2D eigenvalue weighted by atomic mass is 10.1. The summed E-state index contributed by atoms with van der Waals surface area (Å²) in [5, 5.41) is 7.10. The molecule has 0 bridgehead atoms. The Morgan fingerprint density at radius 1 is 1.03 bits per heavy atom. The van der Waals surface area contributed by atoms with Gasteiger partial charge in [-0.3, -0.25) is 19.2 Å². The number of sulfonamides is 1. The molecule has 4 aromatic rings. The van der Waals surface area contributed by atoms with Gasteiger partial charge in [0.2, 0.25) is 0 Å². The number of methoxy groups -OCH3 is 1. The molecular formula is C24H23N5O4S. The van der Waals surface area contributed by atoms with Gasteiger partial charge in [-0.2, -0.15) is 5.10 Å². The Labute approximate surface area is 197 Å². The van der Waals surface area contributed by atoms with Gasteiger partial charge in [0.1, 0.15) is 5.75 Å². The van der Waals surface area contributed by atoms with Gasteiger partial charge >= 0.3 is 0 Å². The third-order valence-corrected chi connectivity index (χ3v) is 6.46. The van der Waals surface area contributed by atoms with Crippen LogP contribution in [0.3, 0.4) is 0 Å². The highest BCUT2D eigenvalue weighted by Gasteiger charge is 2.19. The number of rotatable bonds is 8. The SMILES string of the molecule is COc1ccc(NS(=O)(=O)c2ccc(C)c(C(=O)Nc3ccn(Cc4ccncc4)n3)c2)cc1. The van der Waals surface area contributed by atoms with Crippen LogP contribution in [0.15, 0.2) is 84.1 Å². The highest BCUT2D eigenvalue weighted by atomic mass is 32.2. The summed E-state index contributed by atoms with van der Waals surface area (Å²) in [5.41, 5.74) is 2.28. The molecule has 0 aliphatic carbocycles. The maximum absolute atomic E-state index is 12.9.